The van der Waals surface area contributed by atoms with Gasteiger partial charge in [-0.15, -0.1) is 11.3 Å². The van der Waals surface area contributed by atoms with Gasteiger partial charge in [0.25, 0.3) is 0 Å². The number of carboxylic acids is 1. The van der Waals surface area contributed by atoms with E-state index in [0.717, 1.165) is 16.9 Å². The molecule has 1 aromatic heterocycles. The Labute approximate surface area is 124 Å². The van der Waals surface area contributed by atoms with Crippen LogP contribution in [0.2, 0.25) is 0 Å². The molecule has 0 aliphatic heterocycles. The molecule has 0 fully saturated rings. The van der Waals surface area contributed by atoms with Crippen LogP contribution in [0.25, 0.3) is 0 Å². The zero-order valence-corrected chi connectivity index (χ0v) is 11.6. The van der Waals surface area contributed by atoms with E-state index in [0.29, 0.717) is 6.29 Å². The third kappa shape index (κ3) is 3.90. The lowest BCUT2D eigenvalue weighted by atomic mass is 10.2. The van der Waals surface area contributed by atoms with Crippen molar-refractivity contribution in [2.45, 2.75) is 6.61 Å². The fourth-order valence-electron chi connectivity index (χ4n) is 1.59. The topological polar surface area (TPSA) is 92.7 Å². The van der Waals surface area contributed by atoms with Crippen LogP contribution in [0.5, 0.6) is 0 Å². The molecule has 0 aliphatic rings. The van der Waals surface area contributed by atoms with Gasteiger partial charge in [0, 0.05) is 0 Å². The predicted octanol–water partition coefficient (Wildman–Crippen LogP) is 3.01. The molecule has 0 atom stereocenters. The number of amides is 1. The molecule has 1 amide bonds. The Kier molecular flexibility index (Phi) is 4.68. The third-order valence-corrected chi connectivity index (χ3v) is 3.56. The number of rotatable bonds is 5. The van der Waals surface area contributed by atoms with Gasteiger partial charge in [0.05, 0.1) is 10.6 Å². The predicted molar refractivity (Wildman–Crippen MR) is 76.9 cm³/mol. The summed E-state index contributed by atoms with van der Waals surface area (Å²) in [4.78, 5) is 33.4. The molecule has 21 heavy (non-hydrogen) atoms. The molecule has 2 rings (SSSR count). The summed E-state index contributed by atoms with van der Waals surface area (Å²) in [5.74, 6) is -1.22. The Bertz CT molecular complexity index is 665. The van der Waals surface area contributed by atoms with Crippen molar-refractivity contribution in [1.29, 1.82) is 0 Å². The van der Waals surface area contributed by atoms with Crippen molar-refractivity contribution in [2.24, 2.45) is 0 Å². The lowest BCUT2D eigenvalue weighted by Crippen LogP contribution is -2.14. The highest BCUT2D eigenvalue weighted by Crippen LogP contribution is 2.26. The highest BCUT2D eigenvalue weighted by molar-refractivity contribution is 7.16. The molecule has 0 spiro atoms. The Morgan fingerprint density at radius 3 is 2.62 bits per heavy atom. The summed E-state index contributed by atoms with van der Waals surface area (Å²) < 4.78 is 4.98. The first-order valence-corrected chi connectivity index (χ1v) is 6.72. The van der Waals surface area contributed by atoms with Crippen molar-refractivity contribution in [3.8, 4) is 0 Å². The van der Waals surface area contributed by atoms with Crippen LogP contribution >= 0.6 is 11.3 Å². The van der Waals surface area contributed by atoms with Crippen LogP contribution in [-0.2, 0) is 11.3 Å². The highest BCUT2D eigenvalue weighted by atomic mass is 32.1. The summed E-state index contributed by atoms with van der Waals surface area (Å²) in [6, 6.07) is 10.4. The number of thiophene rings is 1. The summed E-state index contributed by atoms with van der Waals surface area (Å²) in [5.41, 5.74) is 0.859. The lowest BCUT2D eigenvalue weighted by Gasteiger charge is -2.06. The molecule has 2 N–H and O–H groups in total. The zero-order valence-electron chi connectivity index (χ0n) is 10.7. The Morgan fingerprint density at radius 2 is 2.00 bits per heavy atom. The number of benzene rings is 1. The maximum Gasteiger partial charge on any atom is 0.412 e. The van der Waals surface area contributed by atoms with Crippen molar-refractivity contribution >= 4 is 35.4 Å². The normalized spacial score (nSPS) is 9.90. The first-order valence-electron chi connectivity index (χ1n) is 5.90. The number of carboxylic acid groups (broad SMARTS) is 1. The van der Waals surface area contributed by atoms with Crippen LogP contribution in [0.3, 0.4) is 0 Å². The summed E-state index contributed by atoms with van der Waals surface area (Å²) in [6.07, 6.45) is -0.256. The number of aromatic carboxylic acids is 1. The maximum atomic E-state index is 11.6. The number of nitrogens with one attached hydrogen (secondary N) is 1. The zero-order chi connectivity index (χ0) is 15.2. The van der Waals surface area contributed by atoms with Gasteiger partial charge in [-0.05, 0) is 11.6 Å². The SMILES string of the molecule is O=Cc1cc(NC(=O)OCc2ccccc2)c(C(=O)O)s1. The van der Waals surface area contributed by atoms with E-state index in [4.69, 9.17) is 9.84 Å². The van der Waals surface area contributed by atoms with E-state index >= 15 is 0 Å². The minimum absolute atomic E-state index is 0.0488. The molecule has 6 nitrogen and oxygen atoms in total. The summed E-state index contributed by atoms with van der Waals surface area (Å²) in [5, 5.41) is 11.3. The van der Waals surface area contributed by atoms with Crippen molar-refractivity contribution in [1.82, 2.24) is 0 Å². The van der Waals surface area contributed by atoms with Crippen LogP contribution in [-0.4, -0.2) is 23.5 Å². The number of carbonyl (C=O) groups is 3. The highest BCUT2D eigenvalue weighted by Gasteiger charge is 2.17. The molecular formula is C14H11NO5S. The average molecular weight is 305 g/mol. The minimum atomic E-state index is -1.22. The lowest BCUT2D eigenvalue weighted by molar-refractivity contribution is 0.0703. The summed E-state index contributed by atoms with van der Waals surface area (Å²) in [7, 11) is 0. The van der Waals surface area contributed by atoms with E-state index < -0.39 is 12.1 Å². The summed E-state index contributed by atoms with van der Waals surface area (Å²) in [6.45, 7) is 0.0692. The molecule has 0 aliphatic carbocycles. The van der Waals surface area contributed by atoms with Crippen molar-refractivity contribution < 1.29 is 24.2 Å². The molecule has 1 heterocycles. The van der Waals surface area contributed by atoms with Gasteiger partial charge < -0.3 is 9.84 Å². The Balaban J connectivity index is 2.01. The van der Waals surface area contributed by atoms with Crippen LogP contribution in [0.15, 0.2) is 36.4 Å². The van der Waals surface area contributed by atoms with Crippen LogP contribution in [0.4, 0.5) is 10.5 Å². The number of carbonyl (C=O) groups excluding carboxylic acids is 2. The van der Waals surface area contributed by atoms with Crippen molar-refractivity contribution in [3.63, 3.8) is 0 Å². The first-order chi connectivity index (χ1) is 10.1. The van der Waals surface area contributed by atoms with E-state index in [2.05, 4.69) is 5.32 Å². The first kappa shape index (κ1) is 14.7. The van der Waals surface area contributed by atoms with Gasteiger partial charge in [-0.1, -0.05) is 30.3 Å². The number of anilines is 1. The van der Waals surface area contributed by atoms with Crippen LogP contribution in [0, 0.1) is 0 Å². The van der Waals surface area contributed by atoms with E-state index in [1.54, 1.807) is 12.1 Å². The third-order valence-electron chi connectivity index (χ3n) is 2.51. The summed E-state index contributed by atoms with van der Waals surface area (Å²) >= 11 is 0.786. The molecule has 0 bridgehead atoms. The van der Waals surface area contributed by atoms with Crippen LogP contribution in [0.1, 0.15) is 24.9 Å². The number of aldehydes is 1. The monoisotopic (exact) mass is 305 g/mol. The maximum absolute atomic E-state index is 11.6. The molecule has 108 valence electrons. The molecule has 1 aromatic carbocycles. The largest absolute Gasteiger partial charge is 0.477 e. The molecule has 0 radical (unpaired) electrons. The standard InChI is InChI=1S/C14H11NO5S/c16-7-10-6-11(12(21-10)13(17)18)15-14(19)20-8-9-4-2-1-3-5-9/h1-7H,8H2,(H,15,19)(H,17,18). The molecule has 7 heteroatoms. The molecular weight excluding hydrogens is 294 g/mol. The van der Waals surface area contributed by atoms with Crippen molar-refractivity contribution in [2.75, 3.05) is 5.32 Å². The number of hydrogen-bond donors (Lipinski definition) is 2. The van der Waals surface area contributed by atoms with E-state index in [1.165, 1.54) is 6.07 Å². The van der Waals surface area contributed by atoms with E-state index in [-0.39, 0.29) is 22.0 Å². The number of ether oxygens (including phenoxy) is 1. The molecule has 0 saturated heterocycles. The fraction of sp³-hybridized carbons (Fsp3) is 0.0714. The average Bonchev–Trinajstić information content (AvgIpc) is 2.89. The van der Waals surface area contributed by atoms with Crippen LogP contribution < -0.4 is 5.32 Å². The number of hydrogen-bond acceptors (Lipinski definition) is 5. The second-order valence-electron chi connectivity index (χ2n) is 4.00. The van der Waals surface area contributed by atoms with Gasteiger partial charge in [-0.2, -0.15) is 0 Å². The van der Waals surface area contributed by atoms with Gasteiger partial charge in [0.1, 0.15) is 11.5 Å². The smallest absolute Gasteiger partial charge is 0.412 e. The molecule has 2 aromatic rings. The van der Waals surface area contributed by atoms with Gasteiger partial charge in [0.15, 0.2) is 6.29 Å². The Morgan fingerprint density at radius 1 is 1.29 bits per heavy atom. The van der Waals surface area contributed by atoms with E-state index in [9.17, 15) is 14.4 Å². The minimum Gasteiger partial charge on any atom is -0.477 e. The second kappa shape index (κ2) is 6.67. The second-order valence-corrected chi connectivity index (χ2v) is 5.09. The van der Waals surface area contributed by atoms with Gasteiger partial charge in [0.2, 0.25) is 0 Å². The van der Waals surface area contributed by atoms with Gasteiger partial charge in [-0.3, -0.25) is 10.1 Å². The Hall–Kier alpha value is -2.67. The van der Waals surface area contributed by atoms with E-state index in [1.807, 2.05) is 18.2 Å². The molecule has 0 unspecified atom stereocenters. The van der Waals surface area contributed by atoms with Gasteiger partial charge >= 0.3 is 12.1 Å². The fourth-order valence-corrected chi connectivity index (χ4v) is 2.36. The molecule has 0 saturated carbocycles. The van der Waals surface area contributed by atoms with Crippen molar-refractivity contribution in [3.05, 3.63) is 51.7 Å². The quantitative estimate of drug-likeness (QED) is 0.828. The van der Waals surface area contributed by atoms with Gasteiger partial charge in [-0.25, -0.2) is 9.59 Å².